The van der Waals surface area contributed by atoms with Gasteiger partial charge in [0, 0.05) is 44.8 Å². The molecule has 0 amide bonds. The molecule has 0 aromatic rings. The fourth-order valence-corrected chi connectivity index (χ4v) is 4.29. The zero-order valence-electron chi connectivity index (χ0n) is 14.8. The number of hydrogen-bond donors (Lipinski definition) is 1. The van der Waals surface area contributed by atoms with Crippen LogP contribution in [0.3, 0.4) is 0 Å². The van der Waals surface area contributed by atoms with Crippen LogP contribution in [0, 0.1) is 11.3 Å². The van der Waals surface area contributed by atoms with Gasteiger partial charge in [-0.1, -0.05) is 34.1 Å². The van der Waals surface area contributed by atoms with E-state index in [1.165, 1.54) is 64.8 Å². The maximum absolute atomic E-state index is 6.29. The van der Waals surface area contributed by atoms with Crippen molar-refractivity contribution in [3.05, 3.63) is 0 Å². The molecule has 1 atom stereocenters. The van der Waals surface area contributed by atoms with E-state index in [9.17, 15) is 0 Å². The van der Waals surface area contributed by atoms with Crippen LogP contribution in [0.1, 0.15) is 59.8 Å². The first-order valence-electron chi connectivity index (χ1n) is 9.04. The Morgan fingerprint density at radius 1 is 0.952 bits per heavy atom. The molecule has 1 unspecified atom stereocenters. The SMILES string of the molecule is CC(C)CN1CCN(C2(CN)CCCC(C)(C)CC2)CC1. The van der Waals surface area contributed by atoms with Crippen molar-refractivity contribution in [1.82, 2.24) is 9.80 Å². The van der Waals surface area contributed by atoms with E-state index < -0.39 is 0 Å². The Kier molecular flexibility index (Phi) is 5.72. The Labute approximate surface area is 132 Å². The number of piperazine rings is 1. The average Bonchev–Trinajstić information content (AvgIpc) is 2.58. The predicted octanol–water partition coefficient (Wildman–Crippen LogP) is 2.95. The molecule has 0 radical (unpaired) electrons. The summed E-state index contributed by atoms with van der Waals surface area (Å²) in [7, 11) is 0. The zero-order chi connectivity index (χ0) is 15.5. The van der Waals surface area contributed by atoms with Crippen LogP contribution >= 0.6 is 0 Å². The van der Waals surface area contributed by atoms with E-state index >= 15 is 0 Å². The fourth-order valence-electron chi connectivity index (χ4n) is 4.29. The molecule has 1 saturated carbocycles. The standard InChI is InChI=1S/C18H37N3/c1-16(2)14-20-10-12-21(13-11-20)18(15-19)7-5-6-17(3,4)8-9-18/h16H,5-15,19H2,1-4H3. The van der Waals surface area contributed by atoms with Gasteiger partial charge in [-0.05, 0) is 37.0 Å². The van der Waals surface area contributed by atoms with Gasteiger partial charge in [-0.2, -0.15) is 0 Å². The van der Waals surface area contributed by atoms with Gasteiger partial charge in [0.25, 0.3) is 0 Å². The van der Waals surface area contributed by atoms with E-state index in [0.29, 0.717) is 5.41 Å². The topological polar surface area (TPSA) is 32.5 Å². The molecule has 3 nitrogen and oxygen atoms in total. The summed E-state index contributed by atoms with van der Waals surface area (Å²) in [5, 5.41) is 0. The monoisotopic (exact) mass is 295 g/mol. The summed E-state index contributed by atoms with van der Waals surface area (Å²) in [5.41, 5.74) is 7.09. The molecule has 0 spiro atoms. The van der Waals surface area contributed by atoms with Crippen molar-refractivity contribution in [3.63, 3.8) is 0 Å². The minimum Gasteiger partial charge on any atom is -0.329 e. The van der Waals surface area contributed by atoms with Crippen LogP contribution in [-0.2, 0) is 0 Å². The Balaban J connectivity index is 1.95. The predicted molar refractivity (Wildman–Crippen MR) is 91.5 cm³/mol. The fraction of sp³-hybridized carbons (Fsp3) is 1.00. The number of hydrogen-bond acceptors (Lipinski definition) is 3. The Hall–Kier alpha value is -0.120. The normalized spacial score (nSPS) is 32.3. The van der Waals surface area contributed by atoms with Crippen molar-refractivity contribution in [3.8, 4) is 0 Å². The van der Waals surface area contributed by atoms with Crippen LogP contribution in [0.15, 0.2) is 0 Å². The van der Waals surface area contributed by atoms with E-state index in [-0.39, 0.29) is 5.54 Å². The highest BCUT2D eigenvalue weighted by molar-refractivity contribution is 4.97. The third-order valence-electron chi connectivity index (χ3n) is 5.81. The van der Waals surface area contributed by atoms with Crippen LogP contribution < -0.4 is 5.73 Å². The van der Waals surface area contributed by atoms with Crippen LogP contribution in [0.4, 0.5) is 0 Å². The van der Waals surface area contributed by atoms with Gasteiger partial charge in [0.15, 0.2) is 0 Å². The minimum absolute atomic E-state index is 0.289. The summed E-state index contributed by atoms with van der Waals surface area (Å²) < 4.78 is 0. The molecule has 0 aromatic carbocycles. The smallest absolute Gasteiger partial charge is 0.0333 e. The maximum atomic E-state index is 6.29. The molecule has 2 N–H and O–H groups in total. The van der Waals surface area contributed by atoms with E-state index in [1.54, 1.807) is 0 Å². The molecule has 1 aliphatic heterocycles. The quantitative estimate of drug-likeness (QED) is 0.809. The molecule has 2 aliphatic rings. The Morgan fingerprint density at radius 2 is 1.62 bits per heavy atom. The van der Waals surface area contributed by atoms with Crippen molar-refractivity contribution in [1.29, 1.82) is 0 Å². The zero-order valence-corrected chi connectivity index (χ0v) is 14.8. The number of nitrogens with two attached hydrogens (primary N) is 1. The third kappa shape index (κ3) is 4.43. The van der Waals surface area contributed by atoms with Gasteiger partial charge in [0.05, 0.1) is 0 Å². The molecule has 21 heavy (non-hydrogen) atoms. The van der Waals surface area contributed by atoms with Gasteiger partial charge in [-0.3, -0.25) is 4.90 Å². The molecule has 3 heteroatoms. The van der Waals surface area contributed by atoms with Gasteiger partial charge in [-0.15, -0.1) is 0 Å². The lowest BCUT2D eigenvalue weighted by molar-refractivity contribution is 0.0216. The van der Waals surface area contributed by atoms with Crippen LogP contribution in [0.2, 0.25) is 0 Å². The highest BCUT2D eigenvalue weighted by Crippen LogP contribution is 2.40. The number of rotatable bonds is 4. The van der Waals surface area contributed by atoms with Crippen LogP contribution in [0.25, 0.3) is 0 Å². The van der Waals surface area contributed by atoms with Gasteiger partial charge in [0.2, 0.25) is 0 Å². The van der Waals surface area contributed by atoms with E-state index in [1.807, 2.05) is 0 Å². The summed E-state index contributed by atoms with van der Waals surface area (Å²) in [6.45, 7) is 16.5. The van der Waals surface area contributed by atoms with Crippen molar-refractivity contribution in [2.45, 2.75) is 65.3 Å². The summed E-state index contributed by atoms with van der Waals surface area (Å²) in [6, 6.07) is 0. The minimum atomic E-state index is 0.289. The summed E-state index contributed by atoms with van der Waals surface area (Å²) in [5.74, 6) is 0.777. The molecule has 2 rings (SSSR count). The highest BCUT2D eigenvalue weighted by Gasteiger charge is 2.40. The van der Waals surface area contributed by atoms with E-state index in [4.69, 9.17) is 5.73 Å². The molecular formula is C18H37N3. The van der Waals surface area contributed by atoms with Crippen molar-refractivity contribution >= 4 is 0 Å². The molecule has 0 aromatic heterocycles. The third-order valence-corrected chi connectivity index (χ3v) is 5.81. The molecule has 1 aliphatic carbocycles. The second-order valence-electron chi connectivity index (χ2n) is 8.63. The lowest BCUT2D eigenvalue weighted by Crippen LogP contribution is -2.60. The van der Waals surface area contributed by atoms with Gasteiger partial charge in [-0.25, -0.2) is 0 Å². The summed E-state index contributed by atoms with van der Waals surface area (Å²) in [4.78, 5) is 5.37. The Bertz CT molecular complexity index is 318. The molecule has 1 saturated heterocycles. The molecule has 124 valence electrons. The van der Waals surface area contributed by atoms with E-state index in [0.717, 1.165) is 12.5 Å². The summed E-state index contributed by atoms with van der Waals surface area (Å²) >= 11 is 0. The molecule has 0 bridgehead atoms. The van der Waals surface area contributed by atoms with E-state index in [2.05, 4.69) is 37.5 Å². The van der Waals surface area contributed by atoms with Crippen molar-refractivity contribution in [2.75, 3.05) is 39.3 Å². The molecule has 2 fully saturated rings. The second kappa shape index (κ2) is 6.97. The van der Waals surface area contributed by atoms with Crippen molar-refractivity contribution in [2.24, 2.45) is 17.1 Å². The van der Waals surface area contributed by atoms with Gasteiger partial charge >= 0.3 is 0 Å². The Morgan fingerprint density at radius 3 is 2.19 bits per heavy atom. The van der Waals surface area contributed by atoms with Gasteiger partial charge < -0.3 is 10.6 Å². The highest BCUT2D eigenvalue weighted by atomic mass is 15.3. The number of nitrogens with zero attached hydrogens (tertiary/aromatic N) is 2. The molecule has 1 heterocycles. The average molecular weight is 296 g/mol. The van der Waals surface area contributed by atoms with Gasteiger partial charge in [0.1, 0.15) is 0 Å². The lowest BCUT2D eigenvalue weighted by Gasteiger charge is -2.48. The lowest BCUT2D eigenvalue weighted by atomic mass is 9.82. The van der Waals surface area contributed by atoms with Crippen molar-refractivity contribution < 1.29 is 0 Å². The first kappa shape index (κ1) is 17.2. The second-order valence-corrected chi connectivity index (χ2v) is 8.63. The van der Waals surface area contributed by atoms with Crippen LogP contribution in [0.5, 0.6) is 0 Å². The molecular weight excluding hydrogens is 258 g/mol. The van der Waals surface area contributed by atoms with Crippen LogP contribution in [-0.4, -0.2) is 54.6 Å². The summed E-state index contributed by atoms with van der Waals surface area (Å²) in [6.07, 6.45) is 6.63. The first-order chi connectivity index (χ1) is 9.87. The largest absolute Gasteiger partial charge is 0.329 e. The maximum Gasteiger partial charge on any atom is 0.0333 e. The first-order valence-corrected chi connectivity index (χ1v) is 9.04.